The molecule has 0 spiro atoms. The van der Waals surface area contributed by atoms with E-state index in [9.17, 15) is 18.0 Å². The van der Waals surface area contributed by atoms with E-state index in [0.29, 0.717) is 16.1 Å². The third-order valence-electron chi connectivity index (χ3n) is 4.80. The van der Waals surface area contributed by atoms with E-state index in [0.717, 1.165) is 13.2 Å². The summed E-state index contributed by atoms with van der Waals surface area (Å²) in [5.74, 6) is -5.51. The number of pyridine rings is 1. The van der Waals surface area contributed by atoms with Gasteiger partial charge in [-0.2, -0.15) is 4.39 Å². The summed E-state index contributed by atoms with van der Waals surface area (Å²) in [6.07, 6.45) is 2.83. The lowest BCUT2D eigenvalue weighted by molar-refractivity contribution is -0.115. The minimum Gasteiger partial charge on any atom is -0.491 e. The molecule has 0 unspecified atom stereocenters. The largest absolute Gasteiger partial charge is 0.491 e. The topological polar surface area (TPSA) is 77.3 Å². The first-order valence-electron chi connectivity index (χ1n) is 9.55. The Morgan fingerprint density at radius 2 is 1.85 bits per heavy atom. The molecule has 2 aromatic heterocycles. The summed E-state index contributed by atoms with van der Waals surface area (Å²) in [4.78, 5) is 16.6. The van der Waals surface area contributed by atoms with Gasteiger partial charge in [0.15, 0.2) is 17.4 Å². The summed E-state index contributed by atoms with van der Waals surface area (Å²) in [5.41, 5.74) is 0.394. The average Bonchev–Trinajstić information content (AvgIpc) is 3.21. The molecule has 2 heterocycles. The lowest BCUT2D eigenvalue weighted by Gasteiger charge is -2.10. The van der Waals surface area contributed by atoms with E-state index in [1.54, 1.807) is 36.4 Å². The average molecular weight is 474 g/mol. The van der Waals surface area contributed by atoms with Crippen LogP contribution < -0.4 is 10.1 Å². The van der Waals surface area contributed by atoms with Crippen molar-refractivity contribution in [3.63, 3.8) is 0 Å². The zero-order valence-corrected chi connectivity index (χ0v) is 17.8. The number of benzene rings is 2. The van der Waals surface area contributed by atoms with Crippen LogP contribution in [-0.4, -0.2) is 23.2 Å². The molecule has 168 valence electrons. The molecule has 10 heteroatoms. The lowest BCUT2D eigenvalue weighted by Crippen LogP contribution is -2.14. The van der Waals surface area contributed by atoms with E-state index in [-0.39, 0.29) is 23.6 Å². The quantitative estimate of drug-likeness (QED) is 0.365. The van der Waals surface area contributed by atoms with Gasteiger partial charge < -0.3 is 9.26 Å². The maximum absolute atomic E-state index is 14.8. The molecule has 0 aliphatic rings. The van der Waals surface area contributed by atoms with Gasteiger partial charge in [0.25, 0.3) is 0 Å². The van der Waals surface area contributed by atoms with Crippen molar-refractivity contribution in [2.45, 2.75) is 6.42 Å². The second-order valence-corrected chi connectivity index (χ2v) is 7.26. The van der Waals surface area contributed by atoms with Crippen molar-refractivity contribution in [3.8, 4) is 28.1 Å². The van der Waals surface area contributed by atoms with Crippen LogP contribution in [0.25, 0.3) is 22.4 Å². The van der Waals surface area contributed by atoms with Gasteiger partial charge in [-0.3, -0.25) is 15.1 Å². The van der Waals surface area contributed by atoms with Crippen molar-refractivity contribution in [1.29, 1.82) is 0 Å². The monoisotopic (exact) mass is 473 g/mol. The Morgan fingerprint density at radius 3 is 2.55 bits per heavy atom. The van der Waals surface area contributed by atoms with Gasteiger partial charge in [-0.15, -0.1) is 0 Å². The molecule has 0 saturated heterocycles. The number of ether oxygens (including phenoxy) is 1. The standard InChI is InChI=1S/C23H15ClF3N3O3/c1-32-22-16(25)11-14(19(26)20(22)27)21-18(12-6-8-28-9-7-12)23(33-30-21)29-17(31)10-13-4-2-3-5-15(13)24/h2-9,11H,10H2,1H3,(H,29,31). The van der Waals surface area contributed by atoms with Crippen LogP contribution in [0, 0.1) is 17.5 Å². The summed E-state index contributed by atoms with van der Waals surface area (Å²) in [7, 11) is 1.02. The van der Waals surface area contributed by atoms with E-state index in [2.05, 4.69) is 20.2 Å². The van der Waals surface area contributed by atoms with Crippen LogP contribution >= 0.6 is 11.6 Å². The molecule has 0 saturated carbocycles. The molecule has 1 N–H and O–H groups in total. The summed E-state index contributed by atoms with van der Waals surface area (Å²) in [6, 6.07) is 10.6. The maximum atomic E-state index is 14.8. The van der Waals surface area contributed by atoms with Gasteiger partial charge in [0.05, 0.1) is 19.1 Å². The van der Waals surface area contributed by atoms with E-state index in [4.69, 9.17) is 16.1 Å². The number of anilines is 1. The molecule has 0 aliphatic heterocycles. The zero-order valence-electron chi connectivity index (χ0n) is 17.0. The Kier molecular flexibility index (Phi) is 6.32. The van der Waals surface area contributed by atoms with Crippen LogP contribution in [0.5, 0.6) is 5.75 Å². The maximum Gasteiger partial charge on any atom is 0.239 e. The number of amides is 1. The molecule has 4 aromatic rings. The fourth-order valence-corrected chi connectivity index (χ4v) is 3.47. The number of aromatic nitrogens is 2. The molecule has 0 bridgehead atoms. The molecule has 4 rings (SSSR count). The van der Waals surface area contributed by atoms with Gasteiger partial charge in [-0.05, 0) is 35.4 Å². The second kappa shape index (κ2) is 9.33. The van der Waals surface area contributed by atoms with Crippen LogP contribution in [0.2, 0.25) is 5.02 Å². The van der Waals surface area contributed by atoms with Gasteiger partial charge in [0.2, 0.25) is 17.6 Å². The predicted octanol–water partition coefficient (Wildman–Crippen LogP) is 5.66. The van der Waals surface area contributed by atoms with Gasteiger partial charge in [0.1, 0.15) is 5.69 Å². The first-order valence-corrected chi connectivity index (χ1v) is 9.93. The number of halogens is 4. The van der Waals surface area contributed by atoms with Gasteiger partial charge >= 0.3 is 0 Å². The van der Waals surface area contributed by atoms with E-state index < -0.39 is 34.7 Å². The summed E-state index contributed by atoms with van der Waals surface area (Å²) in [5, 5.41) is 6.76. The normalized spacial score (nSPS) is 10.8. The highest BCUT2D eigenvalue weighted by atomic mass is 35.5. The molecule has 6 nitrogen and oxygen atoms in total. The Balaban J connectivity index is 1.78. The molecule has 0 aliphatic carbocycles. The Bertz CT molecular complexity index is 1330. The highest BCUT2D eigenvalue weighted by Crippen LogP contribution is 2.41. The molecular formula is C23H15ClF3N3O3. The van der Waals surface area contributed by atoms with Crippen molar-refractivity contribution < 1.29 is 27.2 Å². The molecule has 0 radical (unpaired) electrons. The fourth-order valence-electron chi connectivity index (χ4n) is 3.27. The fraction of sp³-hybridized carbons (Fsp3) is 0.0870. The number of nitrogens with zero attached hydrogens (tertiary/aromatic N) is 2. The van der Waals surface area contributed by atoms with Crippen molar-refractivity contribution in [2.75, 3.05) is 12.4 Å². The van der Waals surface area contributed by atoms with Gasteiger partial charge in [0, 0.05) is 23.0 Å². The van der Waals surface area contributed by atoms with Crippen molar-refractivity contribution >= 4 is 23.4 Å². The predicted molar refractivity (Wildman–Crippen MR) is 115 cm³/mol. The molecule has 0 fully saturated rings. The van der Waals surface area contributed by atoms with Crippen LogP contribution in [0.3, 0.4) is 0 Å². The number of carbonyl (C=O) groups excluding carboxylic acids is 1. The Hall–Kier alpha value is -3.85. The van der Waals surface area contributed by atoms with Crippen LogP contribution in [0.15, 0.2) is 59.4 Å². The Morgan fingerprint density at radius 1 is 1.12 bits per heavy atom. The SMILES string of the molecule is COc1c(F)cc(-c2noc(NC(=O)Cc3ccccc3Cl)c2-c2ccncc2)c(F)c1F. The number of hydrogen-bond acceptors (Lipinski definition) is 5. The molecule has 33 heavy (non-hydrogen) atoms. The van der Waals surface area contributed by atoms with Crippen LogP contribution in [0.4, 0.5) is 19.1 Å². The smallest absolute Gasteiger partial charge is 0.239 e. The summed E-state index contributed by atoms with van der Waals surface area (Å²) < 4.78 is 53.3. The Labute approximate surface area is 191 Å². The first kappa shape index (κ1) is 22.3. The van der Waals surface area contributed by atoms with Crippen molar-refractivity contribution in [1.82, 2.24) is 10.1 Å². The van der Waals surface area contributed by atoms with Crippen LogP contribution in [0.1, 0.15) is 5.56 Å². The first-order chi connectivity index (χ1) is 15.9. The van der Waals surface area contributed by atoms with Crippen LogP contribution in [-0.2, 0) is 11.2 Å². The number of carbonyl (C=O) groups is 1. The van der Waals surface area contributed by atoms with E-state index in [1.165, 1.54) is 12.4 Å². The number of hydrogen-bond donors (Lipinski definition) is 1. The highest BCUT2D eigenvalue weighted by molar-refractivity contribution is 6.31. The molecular weight excluding hydrogens is 459 g/mol. The molecule has 0 atom stereocenters. The lowest BCUT2D eigenvalue weighted by atomic mass is 10.0. The molecule has 2 aromatic carbocycles. The minimum atomic E-state index is -1.51. The van der Waals surface area contributed by atoms with E-state index in [1.807, 2.05) is 0 Å². The second-order valence-electron chi connectivity index (χ2n) is 6.85. The summed E-state index contributed by atoms with van der Waals surface area (Å²) >= 11 is 6.11. The van der Waals surface area contributed by atoms with E-state index >= 15 is 0 Å². The number of nitrogens with one attached hydrogen (secondary N) is 1. The summed E-state index contributed by atoms with van der Waals surface area (Å²) in [6.45, 7) is 0. The van der Waals surface area contributed by atoms with Crippen molar-refractivity contribution in [2.24, 2.45) is 0 Å². The highest BCUT2D eigenvalue weighted by Gasteiger charge is 2.27. The molecule has 1 amide bonds. The zero-order chi connectivity index (χ0) is 23.5. The van der Waals surface area contributed by atoms with Gasteiger partial charge in [-0.25, -0.2) is 8.78 Å². The number of methoxy groups -OCH3 is 1. The van der Waals surface area contributed by atoms with Crippen molar-refractivity contribution in [3.05, 3.63) is 82.9 Å². The third kappa shape index (κ3) is 4.40. The minimum absolute atomic E-state index is 0.0777. The third-order valence-corrected chi connectivity index (χ3v) is 5.17. The van der Waals surface area contributed by atoms with Gasteiger partial charge in [-0.1, -0.05) is 35.0 Å². The number of rotatable bonds is 6.